The van der Waals surface area contributed by atoms with E-state index in [1.807, 2.05) is 37.3 Å². The maximum absolute atomic E-state index is 5.93. The lowest BCUT2D eigenvalue weighted by Crippen LogP contribution is -2.10. The highest BCUT2D eigenvalue weighted by molar-refractivity contribution is 5.54. The molecular formula is C14H17N9. The molecule has 0 aliphatic rings. The first-order chi connectivity index (χ1) is 11.2. The van der Waals surface area contributed by atoms with Gasteiger partial charge in [-0.3, -0.25) is 0 Å². The fourth-order valence-corrected chi connectivity index (χ4v) is 1.99. The summed E-state index contributed by atoms with van der Waals surface area (Å²) in [5.74, 6) is 1.74. The summed E-state index contributed by atoms with van der Waals surface area (Å²) < 4.78 is 1.41. The van der Waals surface area contributed by atoms with Gasteiger partial charge in [-0.15, -0.1) is 5.10 Å². The third-order valence-corrected chi connectivity index (χ3v) is 2.95. The number of hydrogen-bond acceptors (Lipinski definition) is 8. The fraction of sp³-hybridized carbons (Fsp3) is 0.143. The van der Waals surface area contributed by atoms with Gasteiger partial charge in [0.25, 0.3) is 0 Å². The molecule has 0 aliphatic carbocycles. The van der Waals surface area contributed by atoms with Crippen LogP contribution >= 0.6 is 0 Å². The van der Waals surface area contributed by atoms with Crippen LogP contribution in [0.3, 0.4) is 0 Å². The number of nitrogens with two attached hydrogens (primary N) is 2. The third-order valence-electron chi connectivity index (χ3n) is 2.95. The summed E-state index contributed by atoms with van der Waals surface area (Å²) >= 11 is 0. The smallest absolute Gasteiger partial charge is 0.248 e. The molecule has 23 heavy (non-hydrogen) atoms. The minimum Gasteiger partial charge on any atom is -0.383 e. The van der Waals surface area contributed by atoms with Crippen molar-refractivity contribution in [3.63, 3.8) is 0 Å². The SMILES string of the molecule is CCNc1nc(N)cc(-n2nc(Nc3ccccc3)nc2N)n1. The Morgan fingerprint density at radius 1 is 1.04 bits per heavy atom. The summed E-state index contributed by atoms with van der Waals surface area (Å²) in [4.78, 5) is 12.6. The number of para-hydroxylation sites is 1. The first-order valence-corrected chi connectivity index (χ1v) is 7.09. The Morgan fingerprint density at radius 3 is 2.57 bits per heavy atom. The number of nitrogen functional groups attached to an aromatic ring is 2. The Bertz CT molecular complexity index is 797. The number of nitrogens with one attached hydrogen (secondary N) is 2. The number of rotatable bonds is 5. The number of nitrogens with zero attached hydrogens (tertiary/aromatic N) is 5. The molecule has 0 unspecified atom stereocenters. The molecule has 9 heteroatoms. The van der Waals surface area contributed by atoms with Crippen LogP contribution < -0.4 is 22.1 Å². The molecule has 0 amide bonds. The maximum atomic E-state index is 5.93. The molecule has 0 aliphatic heterocycles. The standard InChI is InChI=1S/C14H17N9/c1-2-17-13-19-10(15)8-11(20-13)23-12(16)21-14(22-23)18-9-6-4-3-5-7-9/h3-8H,2H2,1H3,(H3,15,17,19,20)(H3,16,18,21,22). The van der Waals surface area contributed by atoms with Gasteiger partial charge in [-0.2, -0.15) is 19.6 Å². The van der Waals surface area contributed by atoms with E-state index in [2.05, 4.69) is 30.7 Å². The van der Waals surface area contributed by atoms with Crippen molar-refractivity contribution in [3.05, 3.63) is 36.4 Å². The van der Waals surface area contributed by atoms with Crippen LogP contribution in [0.5, 0.6) is 0 Å². The minimum absolute atomic E-state index is 0.198. The van der Waals surface area contributed by atoms with Gasteiger partial charge in [0.2, 0.25) is 17.8 Å². The summed E-state index contributed by atoms with van der Waals surface area (Å²) in [7, 11) is 0. The highest BCUT2D eigenvalue weighted by Gasteiger charge is 2.12. The second-order valence-corrected chi connectivity index (χ2v) is 4.70. The lowest BCUT2D eigenvalue weighted by atomic mass is 10.3. The molecule has 0 radical (unpaired) electrons. The first-order valence-electron chi connectivity index (χ1n) is 7.09. The van der Waals surface area contributed by atoms with E-state index in [1.165, 1.54) is 4.68 Å². The van der Waals surface area contributed by atoms with Gasteiger partial charge in [-0.05, 0) is 19.1 Å². The van der Waals surface area contributed by atoms with Crippen LogP contribution in [-0.4, -0.2) is 31.3 Å². The van der Waals surface area contributed by atoms with Crippen molar-refractivity contribution in [2.75, 3.05) is 28.6 Å². The van der Waals surface area contributed by atoms with Crippen molar-refractivity contribution < 1.29 is 0 Å². The predicted octanol–water partition coefficient (Wildman–Crippen LogP) is 1.40. The second kappa shape index (κ2) is 6.18. The Kier molecular flexibility index (Phi) is 3.91. The molecule has 2 heterocycles. The van der Waals surface area contributed by atoms with E-state index in [1.54, 1.807) is 6.07 Å². The van der Waals surface area contributed by atoms with E-state index in [4.69, 9.17) is 11.5 Å². The highest BCUT2D eigenvalue weighted by Crippen LogP contribution is 2.18. The van der Waals surface area contributed by atoms with Crippen molar-refractivity contribution in [1.29, 1.82) is 0 Å². The van der Waals surface area contributed by atoms with Gasteiger partial charge in [0.15, 0.2) is 5.82 Å². The van der Waals surface area contributed by atoms with Crippen LogP contribution in [0.1, 0.15) is 6.92 Å². The van der Waals surface area contributed by atoms with E-state index >= 15 is 0 Å². The molecule has 1 aromatic carbocycles. The van der Waals surface area contributed by atoms with Gasteiger partial charge in [0.1, 0.15) is 5.82 Å². The monoisotopic (exact) mass is 311 g/mol. The fourth-order valence-electron chi connectivity index (χ4n) is 1.99. The zero-order valence-corrected chi connectivity index (χ0v) is 12.6. The van der Waals surface area contributed by atoms with Gasteiger partial charge in [0, 0.05) is 18.3 Å². The lowest BCUT2D eigenvalue weighted by Gasteiger charge is -2.06. The van der Waals surface area contributed by atoms with Crippen LogP contribution in [0.2, 0.25) is 0 Å². The molecule has 6 N–H and O–H groups in total. The molecule has 0 fully saturated rings. The third kappa shape index (κ3) is 3.28. The lowest BCUT2D eigenvalue weighted by molar-refractivity contribution is 0.853. The van der Waals surface area contributed by atoms with Gasteiger partial charge in [0.05, 0.1) is 0 Å². The summed E-state index contributed by atoms with van der Waals surface area (Å²) in [6.07, 6.45) is 0. The van der Waals surface area contributed by atoms with Crippen LogP contribution in [0.25, 0.3) is 5.82 Å². The first kappa shape index (κ1) is 14.6. The van der Waals surface area contributed by atoms with Crippen molar-refractivity contribution >= 4 is 29.4 Å². The van der Waals surface area contributed by atoms with Crippen LogP contribution in [0.15, 0.2) is 36.4 Å². The second-order valence-electron chi connectivity index (χ2n) is 4.70. The quantitative estimate of drug-likeness (QED) is 0.555. The van der Waals surface area contributed by atoms with E-state index < -0.39 is 0 Å². The van der Waals surface area contributed by atoms with Gasteiger partial charge in [-0.1, -0.05) is 18.2 Å². The molecule has 0 spiro atoms. The largest absolute Gasteiger partial charge is 0.383 e. The Labute approximate surface area is 132 Å². The summed E-state index contributed by atoms with van der Waals surface area (Å²) in [5.41, 5.74) is 12.6. The van der Waals surface area contributed by atoms with Crippen molar-refractivity contribution in [3.8, 4) is 5.82 Å². The average molecular weight is 311 g/mol. The van der Waals surface area contributed by atoms with Crippen molar-refractivity contribution in [2.45, 2.75) is 6.92 Å². The van der Waals surface area contributed by atoms with Gasteiger partial charge < -0.3 is 22.1 Å². The zero-order valence-electron chi connectivity index (χ0n) is 12.6. The van der Waals surface area contributed by atoms with Gasteiger partial charge in [-0.25, -0.2) is 0 Å². The predicted molar refractivity (Wildman–Crippen MR) is 89.7 cm³/mol. The van der Waals surface area contributed by atoms with Gasteiger partial charge >= 0.3 is 0 Å². The summed E-state index contributed by atoms with van der Waals surface area (Å²) in [6, 6.07) is 11.1. The number of hydrogen-bond donors (Lipinski definition) is 4. The van der Waals surface area contributed by atoms with Crippen LogP contribution in [0, 0.1) is 0 Å². The number of anilines is 5. The number of aromatic nitrogens is 5. The molecule has 3 aromatic rings. The highest BCUT2D eigenvalue weighted by atomic mass is 15.4. The van der Waals surface area contributed by atoms with E-state index in [-0.39, 0.29) is 5.95 Å². The Balaban J connectivity index is 1.92. The molecule has 2 aromatic heterocycles. The van der Waals surface area contributed by atoms with E-state index in [0.717, 1.165) is 5.69 Å². The zero-order chi connectivity index (χ0) is 16.2. The molecule has 9 nitrogen and oxygen atoms in total. The Morgan fingerprint density at radius 2 is 1.83 bits per heavy atom. The van der Waals surface area contributed by atoms with Crippen molar-refractivity contribution in [2.24, 2.45) is 0 Å². The Hall–Kier alpha value is -3.36. The molecule has 118 valence electrons. The van der Waals surface area contributed by atoms with E-state index in [9.17, 15) is 0 Å². The van der Waals surface area contributed by atoms with E-state index in [0.29, 0.717) is 30.1 Å². The summed E-state index contributed by atoms with van der Waals surface area (Å²) in [6.45, 7) is 2.62. The topological polar surface area (TPSA) is 133 Å². The molecule has 3 rings (SSSR count). The average Bonchev–Trinajstić information content (AvgIpc) is 2.88. The summed E-state index contributed by atoms with van der Waals surface area (Å²) in [5, 5.41) is 10.4. The van der Waals surface area contributed by atoms with Crippen LogP contribution in [-0.2, 0) is 0 Å². The minimum atomic E-state index is 0.198. The normalized spacial score (nSPS) is 10.5. The molecule has 0 saturated carbocycles. The molecule has 0 atom stereocenters. The molecular weight excluding hydrogens is 294 g/mol. The maximum Gasteiger partial charge on any atom is 0.248 e. The van der Waals surface area contributed by atoms with Crippen molar-refractivity contribution in [1.82, 2.24) is 24.7 Å². The van der Waals surface area contributed by atoms with Crippen LogP contribution in [0.4, 0.5) is 29.4 Å². The number of benzene rings is 1. The molecule has 0 saturated heterocycles. The molecule has 0 bridgehead atoms.